The molecule has 1 heterocycles. The molecule has 1 N–H and O–H groups in total. The summed E-state index contributed by atoms with van der Waals surface area (Å²) in [4.78, 5) is 15.3. The highest BCUT2D eigenvalue weighted by Crippen LogP contribution is 2.47. The molecule has 1 saturated carbocycles. The highest BCUT2D eigenvalue weighted by atomic mass is 32.2. The van der Waals surface area contributed by atoms with Crippen molar-refractivity contribution < 1.29 is 9.90 Å². The van der Waals surface area contributed by atoms with Gasteiger partial charge in [-0.05, 0) is 31.9 Å². The first kappa shape index (κ1) is 13.0. The summed E-state index contributed by atoms with van der Waals surface area (Å²) in [5, 5.41) is 18.7. The summed E-state index contributed by atoms with van der Waals surface area (Å²) >= 11 is 1.21. The van der Waals surface area contributed by atoms with Gasteiger partial charge in [-0.1, -0.05) is 17.8 Å². The zero-order valence-corrected chi connectivity index (χ0v) is 11.8. The van der Waals surface area contributed by atoms with Crippen LogP contribution in [0.4, 0.5) is 0 Å². The number of hydrogen-bond donors (Lipinski definition) is 1. The average molecular weight is 287 g/mol. The van der Waals surface area contributed by atoms with Crippen molar-refractivity contribution in [1.82, 2.24) is 9.55 Å². The first-order valence-electron chi connectivity index (χ1n) is 6.32. The largest absolute Gasteiger partial charge is 0.481 e. The van der Waals surface area contributed by atoms with E-state index in [0.29, 0.717) is 16.2 Å². The normalized spacial score (nSPS) is 16.0. The molecule has 0 saturated heterocycles. The average Bonchev–Trinajstić information content (AvgIpc) is 3.03. The molecule has 6 heteroatoms. The standard InChI is InChI=1S/C14H13N3O2S/c1-14(5-6-14)17-10-4-2-3-9(7-15)12(10)16-13(17)20-8-11(18)19/h2-4H,5-6,8H2,1H3,(H,18,19). The molecule has 2 aromatic rings. The van der Waals surface area contributed by atoms with E-state index in [0.717, 1.165) is 18.4 Å². The van der Waals surface area contributed by atoms with Crippen molar-refractivity contribution in [3.63, 3.8) is 0 Å². The lowest BCUT2D eigenvalue weighted by Crippen LogP contribution is -2.14. The van der Waals surface area contributed by atoms with Crippen molar-refractivity contribution in [3.05, 3.63) is 23.8 Å². The minimum Gasteiger partial charge on any atom is -0.481 e. The van der Waals surface area contributed by atoms with Gasteiger partial charge in [0.05, 0.1) is 16.8 Å². The number of carboxylic acids is 1. The highest BCUT2D eigenvalue weighted by molar-refractivity contribution is 7.99. The van der Waals surface area contributed by atoms with E-state index in [4.69, 9.17) is 5.11 Å². The third kappa shape index (κ3) is 2.04. The molecule has 20 heavy (non-hydrogen) atoms. The fourth-order valence-electron chi connectivity index (χ4n) is 2.32. The summed E-state index contributed by atoms with van der Waals surface area (Å²) < 4.78 is 2.09. The number of carboxylic acid groups (broad SMARTS) is 1. The Morgan fingerprint density at radius 3 is 2.95 bits per heavy atom. The lowest BCUT2D eigenvalue weighted by atomic mass is 10.2. The first-order valence-corrected chi connectivity index (χ1v) is 7.30. The number of thioether (sulfide) groups is 1. The fraction of sp³-hybridized carbons (Fsp3) is 0.357. The molecule has 0 aliphatic heterocycles. The quantitative estimate of drug-likeness (QED) is 0.874. The molecule has 5 nitrogen and oxygen atoms in total. The smallest absolute Gasteiger partial charge is 0.313 e. The van der Waals surface area contributed by atoms with Gasteiger partial charge >= 0.3 is 5.97 Å². The minimum atomic E-state index is -0.866. The molecular weight excluding hydrogens is 274 g/mol. The summed E-state index contributed by atoms with van der Waals surface area (Å²) in [7, 11) is 0. The van der Waals surface area contributed by atoms with E-state index in [1.54, 1.807) is 6.07 Å². The Balaban J connectivity index is 2.18. The van der Waals surface area contributed by atoms with Crippen LogP contribution in [0.1, 0.15) is 25.3 Å². The number of para-hydroxylation sites is 1. The van der Waals surface area contributed by atoms with Gasteiger partial charge in [0.1, 0.15) is 11.6 Å². The van der Waals surface area contributed by atoms with Gasteiger partial charge in [-0.15, -0.1) is 0 Å². The number of nitriles is 1. The monoisotopic (exact) mass is 287 g/mol. The third-order valence-electron chi connectivity index (χ3n) is 3.61. The zero-order valence-electron chi connectivity index (χ0n) is 11.0. The highest BCUT2D eigenvalue weighted by Gasteiger charge is 2.42. The van der Waals surface area contributed by atoms with Gasteiger partial charge < -0.3 is 9.67 Å². The topological polar surface area (TPSA) is 78.9 Å². The van der Waals surface area contributed by atoms with Gasteiger partial charge in [-0.25, -0.2) is 4.98 Å². The Bertz CT molecular complexity index is 741. The van der Waals surface area contributed by atoms with Crippen molar-refractivity contribution in [1.29, 1.82) is 5.26 Å². The van der Waals surface area contributed by atoms with E-state index >= 15 is 0 Å². The van der Waals surface area contributed by atoms with Crippen LogP contribution in [0.2, 0.25) is 0 Å². The SMILES string of the molecule is CC1(n2c(SCC(=O)O)nc3c(C#N)cccc32)CC1. The number of aromatic nitrogens is 2. The van der Waals surface area contributed by atoms with E-state index in [1.165, 1.54) is 11.8 Å². The summed E-state index contributed by atoms with van der Waals surface area (Å²) in [6.45, 7) is 2.14. The number of nitrogens with zero attached hydrogens (tertiary/aromatic N) is 3. The lowest BCUT2D eigenvalue weighted by Gasteiger charge is -2.15. The van der Waals surface area contributed by atoms with Crippen molar-refractivity contribution in [3.8, 4) is 6.07 Å². The van der Waals surface area contributed by atoms with E-state index < -0.39 is 5.97 Å². The van der Waals surface area contributed by atoms with Gasteiger partial charge in [0, 0.05) is 5.54 Å². The van der Waals surface area contributed by atoms with E-state index in [9.17, 15) is 10.1 Å². The molecule has 0 amide bonds. The predicted molar refractivity (Wildman–Crippen MR) is 75.7 cm³/mol. The van der Waals surface area contributed by atoms with Crippen molar-refractivity contribution in [2.24, 2.45) is 0 Å². The van der Waals surface area contributed by atoms with Crippen molar-refractivity contribution >= 4 is 28.8 Å². The summed E-state index contributed by atoms with van der Waals surface area (Å²) in [6.07, 6.45) is 2.10. The molecule has 1 fully saturated rings. The Kier molecular flexibility index (Phi) is 2.94. The Labute approximate surface area is 120 Å². The minimum absolute atomic E-state index is 0.00364. The number of benzene rings is 1. The van der Waals surface area contributed by atoms with Crippen LogP contribution in [-0.4, -0.2) is 26.4 Å². The van der Waals surface area contributed by atoms with Crippen LogP contribution >= 0.6 is 11.8 Å². The van der Waals surface area contributed by atoms with Crippen LogP contribution in [0.5, 0.6) is 0 Å². The molecule has 0 bridgehead atoms. The molecule has 102 valence electrons. The maximum Gasteiger partial charge on any atom is 0.313 e. The molecule has 1 aliphatic rings. The second-order valence-electron chi connectivity index (χ2n) is 5.19. The maximum atomic E-state index is 10.8. The number of carbonyl (C=O) groups is 1. The van der Waals surface area contributed by atoms with Crippen molar-refractivity contribution in [2.45, 2.75) is 30.5 Å². The molecule has 0 atom stereocenters. The molecular formula is C14H13N3O2S. The Hall–Kier alpha value is -2.00. The second-order valence-corrected chi connectivity index (χ2v) is 6.14. The number of imidazole rings is 1. The van der Waals surface area contributed by atoms with Crippen LogP contribution in [0.25, 0.3) is 11.0 Å². The Morgan fingerprint density at radius 2 is 2.35 bits per heavy atom. The van der Waals surface area contributed by atoms with Crippen LogP contribution in [-0.2, 0) is 10.3 Å². The van der Waals surface area contributed by atoms with E-state index in [1.807, 2.05) is 12.1 Å². The molecule has 3 rings (SSSR count). The zero-order chi connectivity index (χ0) is 14.3. The molecule has 1 aromatic heterocycles. The van der Waals surface area contributed by atoms with Gasteiger partial charge in [0.15, 0.2) is 5.16 Å². The fourth-order valence-corrected chi connectivity index (χ4v) is 3.17. The maximum absolute atomic E-state index is 10.8. The number of hydrogen-bond acceptors (Lipinski definition) is 4. The van der Waals surface area contributed by atoms with Crippen LogP contribution in [0.15, 0.2) is 23.4 Å². The molecule has 1 aromatic carbocycles. The van der Waals surface area contributed by atoms with E-state index in [2.05, 4.69) is 22.5 Å². The van der Waals surface area contributed by atoms with Crippen LogP contribution < -0.4 is 0 Å². The molecule has 1 aliphatic carbocycles. The Morgan fingerprint density at radius 1 is 1.60 bits per heavy atom. The predicted octanol–water partition coefficient (Wildman–Crippen LogP) is 2.59. The van der Waals surface area contributed by atoms with Gasteiger partial charge in [-0.2, -0.15) is 5.26 Å². The van der Waals surface area contributed by atoms with Gasteiger partial charge in [0.2, 0.25) is 0 Å². The second kappa shape index (κ2) is 4.53. The van der Waals surface area contributed by atoms with Crippen LogP contribution in [0.3, 0.4) is 0 Å². The summed E-state index contributed by atoms with van der Waals surface area (Å²) in [6, 6.07) is 7.67. The van der Waals surface area contributed by atoms with Gasteiger partial charge in [-0.3, -0.25) is 4.79 Å². The molecule has 0 radical (unpaired) electrons. The van der Waals surface area contributed by atoms with Crippen LogP contribution in [0, 0.1) is 11.3 Å². The van der Waals surface area contributed by atoms with E-state index in [-0.39, 0.29) is 11.3 Å². The first-order chi connectivity index (χ1) is 9.55. The number of rotatable bonds is 4. The molecule has 0 spiro atoms. The summed E-state index contributed by atoms with van der Waals surface area (Å²) in [5.41, 5.74) is 2.11. The van der Waals surface area contributed by atoms with Crippen molar-refractivity contribution in [2.75, 3.05) is 5.75 Å². The van der Waals surface area contributed by atoms with Gasteiger partial charge in [0.25, 0.3) is 0 Å². The molecule has 0 unspecified atom stereocenters. The lowest BCUT2D eigenvalue weighted by molar-refractivity contribution is -0.133. The summed E-state index contributed by atoms with van der Waals surface area (Å²) in [5.74, 6) is -0.892. The number of aliphatic carboxylic acids is 1. The third-order valence-corrected chi connectivity index (χ3v) is 4.54. The number of fused-ring (bicyclic) bond motifs is 1.